The number of amides is 1. The standard InChI is InChI=1S/C28H30N6O6/c1-18-23(19(2)34(31-18)21-12-8-5-9-13-21)27(37)40-17-22(35)32(14-15-39-3)24-25(29)33(28(38)30-26(24)36)16-20-10-6-4-7-11-20/h4-13H,14-17,29H2,1-3H3,(H,30,36,38). The van der Waals surface area contributed by atoms with Crippen molar-refractivity contribution in [2.45, 2.75) is 20.4 Å². The van der Waals surface area contributed by atoms with Crippen LogP contribution in [0.2, 0.25) is 0 Å². The number of aromatic nitrogens is 4. The number of nitrogens with two attached hydrogens (primary N) is 1. The second kappa shape index (κ2) is 12.3. The molecule has 3 N–H and O–H groups in total. The number of methoxy groups -OCH3 is 1. The number of carbonyl (C=O) groups is 2. The molecule has 12 heteroatoms. The predicted octanol–water partition coefficient (Wildman–Crippen LogP) is 1.81. The van der Waals surface area contributed by atoms with Crippen LogP contribution in [-0.4, -0.2) is 58.1 Å². The van der Waals surface area contributed by atoms with Crippen LogP contribution in [0.1, 0.15) is 27.3 Å². The summed E-state index contributed by atoms with van der Waals surface area (Å²) in [5.41, 5.74) is 7.21. The van der Waals surface area contributed by atoms with Gasteiger partial charge in [-0.25, -0.2) is 14.3 Å². The first kappa shape index (κ1) is 28.0. The molecule has 12 nitrogen and oxygen atoms in total. The maximum absolute atomic E-state index is 13.3. The fourth-order valence-corrected chi connectivity index (χ4v) is 4.34. The second-order valence-electron chi connectivity index (χ2n) is 8.97. The molecule has 0 radical (unpaired) electrons. The van der Waals surface area contributed by atoms with Gasteiger partial charge >= 0.3 is 11.7 Å². The van der Waals surface area contributed by atoms with Gasteiger partial charge in [0.25, 0.3) is 11.5 Å². The van der Waals surface area contributed by atoms with Crippen molar-refractivity contribution >= 4 is 23.4 Å². The molecular weight excluding hydrogens is 516 g/mol. The minimum Gasteiger partial charge on any atom is -0.452 e. The van der Waals surface area contributed by atoms with Gasteiger partial charge in [0, 0.05) is 13.7 Å². The molecule has 0 aliphatic heterocycles. The van der Waals surface area contributed by atoms with Gasteiger partial charge in [-0.3, -0.25) is 24.0 Å². The maximum atomic E-state index is 13.3. The molecule has 0 saturated heterocycles. The molecule has 0 spiro atoms. The zero-order chi connectivity index (χ0) is 28.8. The van der Waals surface area contributed by atoms with Crippen molar-refractivity contribution in [2.75, 3.05) is 37.5 Å². The normalized spacial score (nSPS) is 10.9. The van der Waals surface area contributed by atoms with Crippen molar-refractivity contribution in [1.29, 1.82) is 0 Å². The molecule has 0 unspecified atom stereocenters. The Morgan fingerprint density at radius 3 is 2.33 bits per heavy atom. The summed E-state index contributed by atoms with van der Waals surface area (Å²) in [5.74, 6) is -1.67. The van der Waals surface area contributed by atoms with Crippen molar-refractivity contribution in [1.82, 2.24) is 19.3 Å². The molecule has 0 fully saturated rings. The molecule has 2 aromatic carbocycles. The number of para-hydroxylation sites is 1. The van der Waals surface area contributed by atoms with E-state index in [-0.39, 0.29) is 36.8 Å². The average Bonchev–Trinajstić information content (AvgIpc) is 3.25. The molecule has 0 aliphatic rings. The Bertz CT molecular complexity index is 1620. The summed E-state index contributed by atoms with van der Waals surface area (Å²) in [5, 5.41) is 4.44. The lowest BCUT2D eigenvalue weighted by molar-refractivity contribution is -0.121. The van der Waals surface area contributed by atoms with E-state index in [1.54, 1.807) is 42.8 Å². The SMILES string of the molecule is COCCN(C(=O)COC(=O)c1c(C)nn(-c2ccccc2)c1C)c1c(N)n(Cc2ccccc2)c(=O)[nH]c1=O. The van der Waals surface area contributed by atoms with E-state index in [0.29, 0.717) is 11.4 Å². The fourth-order valence-electron chi connectivity index (χ4n) is 4.34. The third-order valence-electron chi connectivity index (χ3n) is 6.31. The van der Waals surface area contributed by atoms with E-state index >= 15 is 0 Å². The number of rotatable bonds is 10. The largest absolute Gasteiger partial charge is 0.452 e. The number of anilines is 2. The Morgan fingerprint density at radius 2 is 1.68 bits per heavy atom. The molecule has 0 atom stereocenters. The minimum absolute atomic E-state index is 0.0540. The monoisotopic (exact) mass is 546 g/mol. The van der Waals surface area contributed by atoms with E-state index in [1.165, 1.54) is 7.11 Å². The van der Waals surface area contributed by atoms with Crippen LogP contribution in [0.3, 0.4) is 0 Å². The van der Waals surface area contributed by atoms with Gasteiger partial charge in [-0.05, 0) is 31.5 Å². The van der Waals surface area contributed by atoms with Crippen LogP contribution in [0, 0.1) is 13.8 Å². The van der Waals surface area contributed by atoms with Crippen molar-refractivity contribution in [3.05, 3.63) is 104 Å². The summed E-state index contributed by atoms with van der Waals surface area (Å²) < 4.78 is 13.3. The minimum atomic E-state index is -0.849. The van der Waals surface area contributed by atoms with Crippen LogP contribution < -0.4 is 21.9 Å². The van der Waals surface area contributed by atoms with Gasteiger partial charge in [-0.2, -0.15) is 5.10 Å². The molecule has 0 bridgehead atoms. The van der Waals surface area contributed by atoms with Gasteiger partial charge in [0.1, 0.15) is 11.4 Å². The number of hydrogen-bond acceptors (Lipinski definition) is 8. The predicted molar refractivity (Wildman–Crippen MR) is 149 cm³/mol. The Hall–Kier alpha value is -4.97. The number of hydrogen-bond donors (Lipinski definition) is 2. The number of aromatic amines is 1. The topological polar surface area (TPSA) is 155 Å². The molecule has 40 heavy (non-hydrogen) atoms. The second-order valence-corrected chi connectivity index (χ2v) is 8.97. The summed E-state index contributed by atoms with van der Waals surface area (Å²) in [6, 6.07) is 18.3. The first-order valence-corrected chi connectivity index (χ1v) is 12.5. The van der Waals surface area contributed by atoms with Crippen molar-refractivity contribution in [2.24, 2.45) is 0 Å². The number of ether oxygens (including phenoxy) is 2. The highest BCUT2D eigenvalue weighted by Crippen LogP contribution is 2.20. The van der Waals surface area contributed by atoms with Crippen LogP contribution in [-0.2, 0) is 20.8 Å². The summed E-state index contributed by atoms with van der Waals surface area (Å²) in [4.78, 5) is 55.1. The smallest absolute Gasteiger partial charge is 0.342 e. The molecule has 208 valence electrons. The number of H-pyrrole nitrogens is 1. The number of nitrogen functional groups attached to an aromatic ring is 1. The van der Waals surface area contributed by atoms with Crippen LogP contribution >= 0.6 is 0 Å². The molecule has 2 aromatic heterocycles. The zero-order valence-corrected chi connectivity index (χ0v) is 22.4. The number of esters is 1. The van der Waals surface area contributed by atoms with Gasteiger partial charge in [-0.15, -0.1) is 0 Å². The third-order valence-corrected chi connectivity index (χ3v) is 6.31. The van der Waals surface area contributed by atoms with Gasteiger partial charge in [0.15, 0.2) is 12.3 Å². The zero-order valence-electron chi connectivity index (χ0n) is 22.4. The van der Waals surface area contributed by atoms with E-state index in [1.807, 2.05) is 36.4 Å². The Morgan fingerprint density at radius 1 is 1.02 bits per heavy atom. The van der Waals surface area contributed by atoms with Crippen LogP contribution in [0.5, 0.6) is 0 Å². The molecule has 0 saturated carbocycles. The third kappa shape index (κ3) is 5.86. The van der Waals surface area contributed by atoms with Gasteiger partial charge in [-0.1, -0.05) is 48.5 Å². The molecule has 1 amide bonds. The highest BCUT2D eigenvalue weighted by molar-refractivity contribution is 5.99. The average molecular weight is 547 g/mol. The molecule has 4 rings (SSSR count). The summed E-state index contributed by atoms with van der Waals surface area (Å²) in [6.45, 7) is 2.76. The van der Waals surface area contributed by atoms with Crippen LogP contribution in [0.25, 0.3) is 5.69 Å². The van der Waals surface area contributed by atoms with Crippen molar-refractivity contribution in [3.8, 4) is 5.69 Å². The fraction of sp³-hybridized carbons (Fsp3) is 0.250. The lowest BCUT2D eigenvalue weighted by atomic mass is 10.2. The van der Waals surface area contributed by atoms with Crippen molar-refractivity contribution in [3.63, 3.8) is 0 Å². The first-order chi connectivity index (χ1) is 19.2. The van der Waals surface area contributed by atoms with Gasteiger partial charge < -0.3 is 15.2 Å². The molecule has 2 heterocycles. The van der Waals surface area contributed by atoms with Gasteiger partial charge in [0.05, 0.1) is 30.2 Å². The quantitative estimate of drug-likeness (QED) is 0.286. The highest BCUT2D eigenvalue weighted by atomic mass is 16.5. The molecular formula is C28H30N6O6. The van der Waals surface area contributed by atoms with E-state index in [4.69, 9.17) is 15.2 Å². The van der Waals surface area contributed by atoms with Crippen LogP contribution in [0.4, 0.5) is 11.5 Å². The maximum Gasteiger partial charge on any atom is 0.342 e. The number of aryl methyl sites for hydroxylation is 1. The summed E-state index contributed by atoms with van der Waals surface area (Å²) in [6.07, 6.45) is 0. The number of nitrogens with one attached hydrogen (secondary N) is 1. The lowest BCUT2D eigenvalue weighted by Crippen LogP contribution is -2.44. The van der Waals surface area contributed by atoms with E-state index < -0.39 is 29.7 Å². The van der Waals surface area contributed by atoms with Crippen molar-refractivity contribution < 1.29 is 19.1 Å². The summed E-state index contributed by atoms with van der Waals surface area (Å²) in [7, 11) is 1.43. The van der Waals surface area contributed by atoms with E-state index in [0.717, 1.165) is 20.7 Å². The number of carbonyl (C=O) groups excluding carboxylic acids is 2. The summed E-state index contributed by atoms with van der Waals surface area (Å²) >= 11 is 0. The Balaban J connectivity index is 1.59. The lowest BCUT2D eigenvalue weighted by Gasteiger charge is -2.24. The molecule has 0 aliphatic carbocycles. The number of nitrogens with zero attached hydrogens (tertiary/aromatic N) is 4. The van der Waals surface area contributed by atoms with E-state index in [2.05, 4.69) is 10.1 Å². The Labute approximate surface area is 229 Å². The Kier molecular flexibility index (Phi) is 8.60. The molecule has 4 aromatic rings. The van der Waals surface area contributed by atoms with Gasteiger partial charge in [0.2, 0.25) is 0 Å². The number of benzene rings is 2. The first-order valence-electron chi connectivity index (χ1n) is 12.5. The van der Waals surface area contributed by atoms with Crippen LogP contribution in [0.15, 0.2) is 70.3 Å². The highest BCUT2D eigenvalue weighted by Gasteiger charge is 2.27. The van der Waals surface area contributed by atoms with E-state index in [9.17, 15) is 19.2 Å².